The van der Waals surface area contributed by atoms with Crippen LogP contribution in [0.25, 0.3) is 0 Å². The van der Waals surface area contributed by atoms with Crippen LogP contribution >= 0.6 is 47.2 Å². The Morgan fingerprint density at radius 3 is 2.73 bits per heavy atom. The minimum atomic E-state index is -0.142. The largest absolute Gasteiger partial charge is 0.381 e. The lowest BCUT2D eigenvalue weighted by Crippen LogP contribution is -2.41. The van der Waals surface area contributed by atoms with Gasteiger partial charge < -0.3 is 15.4 Å². The Kier molecular flexibility index (Phi) is 10.7. The molecule has 3 rings (SSSR count). The number of aromatic nitrogens is 2. The number of halogens is 3. The third-order valence-electron chi connectivity index (χ3n) is 5.25. The molecule has 0 saturated carbocycles. The van der Waals surface area contributed by atoms with Gasteiger partial charge in [-0.1, -0.05) is 29.3 Å². The van der Waals surface area contributed by atoms with Crippen LogP contribution in [0.1, 0.15) is 31.7 Å². The quantitative estimate of drug-likeness (QED) is 0.214. The van der Waals surface area contributed by atoms with Crippen molar-refractivity contribution in [3.8, 4) is 0 Å². The highest BCUT2D eigenvalue weighted by atomic mass is 127. The number of aryl methyl sites for hydroxylation is 1. The number of guanidine groups is 1. The molecule has 0 radical (unpaired) electrons. The van der Waals surface area contributed by atoms with Crippen molar-refractivity contribution in [2.45, 2.75) is 38.1 Å². The van der Waals surface area contributed by atoms with E-state index < -0.39 is 0 Å². The Bertz CT molecular complexity index is 795. The van der Waals surface area contributed by atoms with Gasteiger partial charge in [-0.25, -0.2) is 0 Å². The molecule has 2 aromatic rings. The highest BCUT2D eigenvalue weighted by molar-refractivity contribution is 14.0. The molecular formula is C21H30Cl2IN5O. The topological polar surface area (TPSA) is 63.5 Å². The molecule has 2 N–H and O–H groups in total. The van der Waals surface area contributed by atoms with Crippen molar-refractivity contribution in [1.29, 1.82) is 0 Å². The summed E-state index contributed by atoms with van der Waals surface area (Å²) in [6, 6.07) is 7.70. The van der Waals surface area contributed by atoms with Crippen LogP contribution in [-0.4, -0.2) is 48.6 Å². The van der Waals surface area contributed by atoms with Crippen LogP contribution in [0.5, 0.6) is 0 Å². The Labute approximate surface area is 205 Å². The molecule has 0 atom stereocenters. The fraction of sp³-hybridized carbons (Fsp3) is 0.524. The van der Waals surface area contributed by atoms with Gasteiger partial charge in [0.2, 0.25) is 0 Å². The number of hydrogen-bond donors (Lipinski definition) is 2. The number of aliphatic imine (C=N–C) groups is 1. The molecule has 9 heteroatoms. The molecule has 166 valence electrons. The van der Waals surface area contributed by atoms with Crippen LogP contribution in [0, 0.1) is 0 Å². The fourth-order valence-electron chi connectivity index (χ4n) is 3.65. The van der Waals surface area contributed by atoms with Gasteiger partial charge in [0.25, 0.3) is 0 Å². The van der Waals surface area contributed by atoms with Crippen LogP contribution in [0.4, 0.5) is 0 Å². The number of nitrogens with zero attached hydrogens (tertiary/aromatic N) is 3. The van der Waals surface area contributed by atoms with E-state index in [0.29, 0.717) is 29.8 Å². The second kappa shape index (κ2) is 12.7. The van der Waals surface area contributed by atoms with Crippen molar-refractivity contribution in [1.82, 2.24) is 20.4 Å². The lowest BCUT2D eigenvalue weighted by molar-refractivity contribution is 0.0531. The number of rotatable bonds is 8. The molecule has 1 fully saturated rings. The molecule has 0 bridgehead atoms. The van der Waals surface area contributed by atoms with Gasteiger partial charge in [0, 0.05) is 60.7 Å². The van der Waals surface area contributed by atoms with Crippen LogP contribution in [0.2, 0.25) is 10.0 Å². The first kappa shape index (κ1) is 25.2. The minimum Gasteiger partial charge on any atom is -0.381 e. The van der Waals surface area contributed by atoms with Gasteiger partial charge in [-0.2, -0.15) is 5.10 Å². The number of benzene rings is 1. The summed E-state index contributed by atoms with van der Waals surface area (Å²) in [6.07, 6.45) is 6.51. The van der Waals surface area contributed by atoms with Gasteiger partial charge in [-0.3, -0.25) is 9.67 Å². The van der Waals surface area contributed by atoms with E-state index in [9.17, 15) is 0 Å². The van der Waals surface area contributed by atoms with Crippen LogP contribution in [0.3, 0.4) is 0 Å². The number of ether oxygens (including phenoxy) is 1. The van der Waals surface area contributed by atoms with Gasteiger partial charge in [-0.05, 0) is 49.9 Å². The van der Waals surface area contributed by atoms with E-state index in [-0.39, 0.29) is 29.4 Å². The minimum absolute atomic E-state index is 0. The van der Waals surface area contributed by atoms with E-state index in [2.05, 4.69) is 22.7 Å². The van der Waals surface area contributed by atoms with Gasteiger partial charge >= 0.3 is 0 Å². The van der Waals surface area contributed by atoms with Gasteiger partial charge in [0.05, 0.1) is 6.54 Å². The Morgan fingerprint density at radius 1 is 1.27 bits per heavy atom. The van der Waals surface area contributed by atoms with Crippen molar-refractivity contribution in [3.05, 3.63) is 52.3 Å². The standard InChI is InChI=1S/C21H29Cl2N5O.HI/c1-2-24-20(25-9-3-11-28-12-4-10-27-28)26-16-21(7-13-29-14-8-21)18-6-5-17(22)15-19(18)23;/h4-6,10,12,15H,2-3,7-9,11,13-14,16H2,1H3,(H2,24,25,26);1H. The maximum Gasteiger partial charge on any atom is 0.191 e. The SMILES string of the molecule is CCNC(=NCC1(c2ccc(Cl)cc2Cl)CCOCC1)NCCCn1cccn1.I. The molecule has 6 nitrogen and oxygen atoms in total. The normalized spacial score (nSPS) is 16.0. The summed E-state index contributed by atoms with van der Waals surface area (Å²) in [7, 11) is 0. The summed E-state index contributed by atoms with van der Waals surface area (Å²) in [5, 5.41) is 12.4. The Morgan fingerprint density at radius 2 is 2.07 bits per heavy atom. The molecule has 1 aliphatic heterocycles. The van der Waals surface area contributed by atoms with Crippen molar-refractivity contribution in [2.24, 2.45) is 4.99 Å². The molecule has 2 heterocycles. The zero-order chi connectivity index (χ0) is 20.5. The zero-order valence-corrected chi connectivity index (χ0v) is 21.1. The molecule has 1 aromatic heterocycles. The highest BCUT2D eigenvalue weighted by Crippen LogP contribution is 2.39. The second-order valence-electron chi connectivity index (χ2n) is 7.26. The maximum atomic E-state index is 6.57. The molecule has 1 saturated heterocycles. The molecule has 1 aromatic carbocycles. The van der Waals surface area contributed by atoms with Crippen LogP contribution in [0.15, 0.2) is 41.7 Å². The summed E-state index contributed by atoms with van der Waals surface area (Å²) in [5.41, 5.74) is 0.960. The summed E-state index contributed by atoms with van der Waals surface area (Å²) < 4.78 is 7.56. The molecule has 0 aliphatic carbocycles. The zero-order valence-electron chi connectivity index (χ0n) is 17.2. The van der Waals surface area contributed by atoms with Crippen molar-refractivity contribution >= 4 is 53.1 Å². The first-order valence-corrected chi connectivity index (χ1v) is 10.9. The molecule has 0 amide bonds. The Balaban J connectivity index is 0.00000320. The van der Waals surface area contributed by atoms with Gasteiger partial charge in [0.1, 0.15) is 0 Å². The Hall–Kier alpha value is -1.03. The fourth-order valence-corrected chi connectivity index (χ4v) is 4.26. The van der Waals surface area contributed by atoms with E-state index in [1.165, 1.54) is 0 Å². The average molecular weight is 566 g/mol. The van der Waals surface area contributed by atoms with Crippen molar-refractivity contribution < 1.29 is 4.74 Å². The van der Waals surface area contributed by atoms with Crippen LogP contribution < -0.4 is 10.6 Å². The molecule has 0 spiro atoms. The first-order valence-electron chi connectivity index (χ1n) is 10.2. The van der Waals surface area contributed by atoms with E-state index in [1.807, 2.05) is 35.1 Å². The molecule has 30 heavy (non-hydrogen) atoms. The number of hydrogen-bond acceptors (Lipinski definition) is 3. The van der Waals surface area contributed by atoms with E-state index in [0.717, 1.165) is 50.4 Å². The first-order chi connectivity index (χ1) is 14.1. The van der Waals surface area contributed by atoms with E-state index in [4.69, 9.17) is 32.9 Å². The third-order valence-corrected chi connectivity index (χ3v) is 5.80. The summed E-state index contributed by atoms with van der Waals surface area (Å²) in [4.78, 5) is 4.91. The maximum absolute atomic E-state index is 6.57. The highest BCUT2D eigenvalue weighted by Gasteiger charge is 2.36. The third kappa shape index (κ3) is 7.00. The smallest absolute Gasteiger partial charge is 0.191 e. The average Bonchev–Trinajstić information content (AvgIpc) is 3.23. The van der Waals surface area contributed by atoms with Crippen molar-refractivity contribution in [3.63, 3.8) is 0 Å². The van der Waals surface area contributed by atoms with E-state index in [1.54, 1.807) is 6.20 Å². The van der Waals surface area contributed by atoms with Crippen molar-refractivity contribution in [2.75, 3.05) is 32.8 Å². The molecule has 1 aliphatic rings. The summed E-state index contributed by atoms with van der Waals surface area (Å²) in [6.45, 7) is 6.64. The second-order valence-corrected chi connectivity index (χ2v) is 8.11. The van der Waals surface area contributed by atoms with Crippen LogP contribution in [-0.2, 0) is 16.7 Å². The predicted octanol–water partition coefficient (Wildman–Crippen LogP) is 4.50. The molecular weight excluding hydrogens is 536 g/mol. The predicted molar refractivity (Wildman–Crippen MR) is 134 cm³/mol. The number of nitrogens with one attached hydrogen (secondary N) is 2. The summed E-state index contributed by atoms with van der Waals surface area (Å²) in [5.74, 6) is 0.823. The lowest BCUT2D eigenvalue weighted by atomic mass is 9.74. The molecule has 0 unspecified atom stereocenters. The lowest BCUT2D eigenvalue weighted by Gasteiger charge is -2.37. The summed E-state index contributed by atoms with van der Waals surface area (Å²) >= 11 is 12.7. The van der Waals surface area contributed by atoms with E-state index >= 15 is 0 Å². The monoisotopic (exact) mass is 565 g/mol. The van der Waals surface area contributed by atoms with Gasteiger partial charge in [-0.15, -0.1) is 24.0 Å². The van der Waals surface area contributed by atoms with Gasteiger partial charge in [0.15, 0.2) is 5.96 Å².